The minimum Gasteiger partial charge on any atom is -0.337 e. The van der Waals surface area contributed by atoms with E-state index in [0.717, 1.165) is 11.4 Å². The first-order chi connectivity index (χ1) is 16.0. The van der Waals surface area contributed by atoms with Crippen molar-refractivity contribution in [3.8, 4) is 5.69 Å². The molecule has 7 nitrogen and oxygen atoms in total. The van der Waals surface area contributed by atoms with Gasteiger partial charge in [-0.25, -0.2) is 19.0 Å². The zero-order valence-electron chi connectivity index (χ0n) is 18.1. The molecule has 3 aromatic carbocycles. The third-order valence-electron chi connectivity index (χ3n) is 5.46. The summed E-state index contributed by atoms with van der Waals surface area (Å²) in [5.74, 6) is 0.380. The lowest BCUT2D eigenvalue weighted by Gasteiger charge is -2.13. The van der Waals surface area contributed by atoms with Gasteiger partial charge in [-0.05, 0) is 49.4 Å². The van der Waals surface area contributed by atoms with Gasteiger partial charge < -0.3 is 10.6 Å². The molecule has 0 radical (unpaired) electrons. The van der Waals surface area contributed by atoms with Gasteiger partial charge in [-0.15, -0.1) is 0 Å². The summed E-state index contributed by atoms with van der Waals surface area (Å²) in [4.78, 5) is 22.7. The molecule has 5 aromatic rings. The van der Waals surface area contributed by atoms with Gasteiger partial charge in [0.1, 0.15) is 11.5 Å². The number of hydrogen-bond acceptors (Lipinski definition) is 5. The van der Waals surface area contributed by atoms with Crippen LogP contribution in [0.5, 0.6) is 0 Å². The molecule has 0 aliphatic rings. The van der Waals surface area contributed by atoms with Crippen LogP contribution in [0.1, 0.15) is 5.69 Å². The molecular formula is C25H21FN6O. The summed E-state index contributed by atoms with van der Waals surface area (Å²) < 4.78 is 17.1. The third kappa shape index (κ3) is 3.82. The van der Waals surface area contributed by atoms with Crippen LogP contribution in [0.3, 0.4) is 0 Å². The Bertz CT molecular complexity index is 1520. The number of para-hydroxylation sites is 3. The number of nitrogens with one attached hydrogen (secondary N) is 2. The first kappa shape index (κ1) is 20.4. The summed E-state index contributed by atoms with van der Waals surface area (Å²) >= 11 is 0. The van der Waals surface area contributed by atoms with Gasteiger partial charge in [0.05, 0.1) is 22.4 Å². The Labute approximate surface area is 189 Å². The van der Waals surface area contributed by atoms with Crippen molar-refractivity contribution in [2.75, 3.05) is 10.6 Å². The zero-order valence-corrected chi connectivity index (χ0v) is 18.1. The molecule has 0 spiro atoms. The standard InChI is InChI=1S/C25H21FN6O/c1-16-22(25(33)32(31(16)2)19-11-4-3-5-12-19)30-24-23(27-18-10-8-9-17(26)15-18)28-20-13-6-7-14-21(20)29-24/h3-15H,1-2H3,(H,27,28)(H,29,30). The van der Waals surface area contributed by atoms with Gasteiger partial charge in [0.2, 0.25) is 0 Å². The highest BCUT2D eigenvalue weighted by Gasteiger charge is 2.19. The first-order valence-corrected chi connectivity index (χ1v) is 10.4. The molecule has 0 aliphatic carbocycles. The Morgan fingerprint density at radius 2 is 1.45 bits per heavy atom. The number of rotatable bonds is 5. The molecular weight excluding hydrogens is 419 g/mol. The molecule has 0 unspecified atom stereocenters. The summed E-state index contributed by atoms with van der Waals surface area (Å²) in [6, 6.07) is 22.9. The van der Waals surface area contributed by atoms with Crippen molar-refractivity contribution in [1.82, 2.24) is 19.3 Å². The third-order valence-corrected chi connectivity index (χ3v) is 5.46. The molecule has 8 heteroatoms. The SMILES string of the molecule is Cc1c(Nc2nc3ccccc3nc2Nc2cccc(F)c2)c(=O)n(-c2ccccc2)n1C. The van der Waals surface area contributed by atoms with Gasteiger partial charge in [0, 0.05) is 12.7 Å². The largest absolute Gasteiger partial charge is 0.337 e. The van der Waals surface area contributed by atoms with Crippen LogP contribution in [0.4, 0.5) is 27.4 Å². The van der Waals surface area contributed by atoms with Crippen LogP contribution in [-0.4, -0.2) is 19.3 Å². The molecule has 33 heavy (non-hydrogen) atoms. The maximum atomic E-state index is 13.7. The molecule has 5 rings (SSSR count). The van der Waals surface area contributed by atoms with Crippen LogP contribution >= 0.6 is 0 Å². The predicted octanol–water partition coefficient (Wildman–Crippen LogP) is 5.05. The molecule has 0 saturated carbocycles. The average Bonchev–Trinajstić information content (AvgIpc) is 3.03. The summed E-state index contributed by atoms with van der Waals surface area (Å²) in [5.41, 5.74) is 3.52. The second kappa shape index (κ2) is 8.23. The van der Waals surface area contributed by atoms with Gasteiger partial charge in [-0.2, -0.15) is 0 Å². The van der Waals surface area contributed by atoms with Gasteiger partial charge >= 0.3 is 0 Å². The van der Waals surface area contributed by atoms with E-state index in [-0.39, 0.29) is 11.4 Å². The van der Waals surface area contributed by atoms with E-state index in [2.05, 4.69) is 15.6 Å². The second-order valence-electron chi connectivity index (χ2n) is 7.61. The minimum absolute atomic E-state index is 0.215. The van der Waals surface area contributed by atoms with E-state index in [4.69, 9.17) is 4.98 Å². The van der Waals surface area contributed by atoms with Crippen molar-refractivity contribution < 1.29 is 4.39 Å². The molecule has 164 valence electrons. The Balaban J connectivity index is 1.62. The first-order valence-electron chi connectivity index (χ1n) is 10.4. The fraction of sp³-hybridized carbons (Fsp3) is 0.0800. The number of aromatic nitrogens is 4. The van der Waals surface area contributed by atoms with Crippen LogP contribution in [0.25, 0.3) is 16.7 Å². The zero-order chi connectivity index (χ0) is 22.9. The number of nitrogens with zero attached hydrogens (tertiary/aromatic N) is 4. The molecule has 0 fully saturated rings. The smallest absolute Gasteiger partial charge is 0.295 e. The molecule has 2 N–H and O–H groups in total. The van der Waals surface area contributed by atoms with E-state index in [1.165, 1.54) is 12.1 Å². The lowest BCUT2D eigenvalue weighted by molar-refractivity contribution is 0.628. The molecule has 2 aromatic heterocycles. The maximum Gasteiger partial charge on any atom is 0.295 e. The van der Waals surface area contributed by atoms with E-state index < -0.39 is 0 Å². The van der Waals surface area contributed by atoms with Crippen LogP contribution in [0, 0.1) is 12.7 Å². The lowest BCUT2D eigenvalue weighted by atomic mass is 10.3. The number of benzene rings is 3. The minimum atomic E-state index is -0.368. The van der Waals surface area contributed by atoms with Gasteiger partial charge in [0.25, 0.3) is 5.56 Å². The predicted molar refractivity (Wildman–Crippen MR) is 128 cm³/mol. The van der Waals surface area contributed by atoms with E-state index in [1.807, 2.05) is 68.6 Å². The maximum absolute atomic E-state index is 13.7. The fourth-order valence-corrected chi connectivity index (χ4v) is 3.71. The number of anilines is 4. The quantitative estimate of drug-likeness (QED) is 0.400. The monoisotopic (exact) mass is 440 g/mol. The number of hydrogen-bond donors (Lipinski definition) is 2. The lowest BCUT2D eigenvalue weighted by Crippen LogP contribution is -2.20. The Morgan fingerprint density at radius 1 is 0.818 bits per heavy atom. The average molecular weight is 440 g/mol. The molecule has 0 saturated heterocycles. The van der Waals surface area contributed by atoms with E-state index in [1.54, 1.807) is 21.5 Å². The number of fused-ring (bicyclic) bond motifs is 1. The van der Waals surface area contributed by atoms with Crippen molar-refractivity contribution in [3.63, 3.8) is 0 Å². The Hall–Kier alpha value is -4.46. The summed E-state index contributed by atoms with van der Waals surface area (Å²) in [6.07, 6.45) is 0. The van der Waals surface area contributed by atoms with Crippen molar-refractivity contribution in [1.29, 1.82) is 0 Å². The topological polar surface area (TPSA) is 76.8 Å². The Kier molecular flexibility index (Phi) is 5.10. The Morgan fingerprint density at radius 3 is 2.12 bits per heavy atom. The molecule has 0 atom stereocenters. The summed E-state index contributed by atoms with van der Waals surface area (Å²) in [6.45, 7) is 1.86. The second-order valence-corrected chi connectivity index (χ2v) is 7.61. The van der Waals surface area contributed by atoms with E-state index >= 15 is 0 Å². The van der Waals surface area contributed by atoms with Crippen molar-refractivity contribution >= 4 is 34.0 Å². The highest BCUT2D eigenvalue weighted by molar-refractivity contribution is 5.83. The van der Waals surface area contributed by atoms with Gasteiger partial charge in [0.15, 0.2) is 11.6 Å². The highest BCUT2D eigenvalue weighted by Crippen LogP contribution is 2.28. The van der Waals surface area contributed by atoms with Crippen LogP contribution in [-0.2, 0) is 7.05 Å². The van der Waals surface area contributed by atoms with Crippen molar-refractivity contribution in [3.05, 3.63) is 101 Å². The van der Waals surface area contributed by atoms with Gasteiger partial charge in [-0.1, -0.05) is 36.4 Å². The van der Waals surface area contributed by atoms with E-state index in [0.29, 0.717) is 34.0 Å². The fourth-order valence-electron chi connectivity index (χ4n) is 3.71. The summed E-state index contributed by atoms with van der Waals surface area (Å²) in [5, 5.41) is 6.31. The molecule has 2 heterocycles. The molecule has 0 bridgehead atoms. The normalized spacial score (nSPS) is 11.0. The number of halogens is 1. The highest BCUT2D eigenvalue weighted by atomic mass is 19.1. The van der Waals surface area contributed by atoms with Crippen LogP contribution in [0.15, 0.2) is 83.7 Å². The van der Waals surface area contributed by atoms with E-state index in [9.17, 15) is 9.18 Å². The van der Waals surface area contributed by atoms with Gasteiger partial charge in [-0.3, -0.25) is 9.48 Å². The van der Waals surface area contributed by atoms with Crippen LogP contribution in [0.2, 0.25) is 0 Å². The van der Waals surface area contributed by atoms with Crippen molar-refractivity contribution in [2.45, 2.75) is 6.92 Å². The summed E-state index contributed by atoms with van der Waals surface area (Å²) in [7, 11) is 1.83. The molecule has 0 aliphatic heterocycles. The molecule has 0 amide bonds. The van der Waals surface area contributed by atoms with Crippen LogP contribution < -0.4 is 16.2 Å². The van der Waals surface area contributed by atoms with Crippen molar-refractivity contribution in [2.24, 2.45) is 7.05 Å².